The Bertz CT molecular complexity index is 798. The summed E-state index contributed by atoms with van der Waals surface area (Å²) < 4.78 is 69.2. The van der Waals surface area contributed by atoms with E-state index in [9.17, 15) is 21.6 Å². The molecule has 2 rings (SSSR count). The molecule has 0 atom stereocenters. The highest BCUT2D eigenvalue weighted by Gasteiger charge is 2.27. The molecule has 29 heavy (non-hydrogen) atoms. The van der Waals surface area contributed by atoms with Crippen molar-refractivity contribution < 1.29 is 26.3 Å². The first-order chi connectivity index (χ1) is 13.8. The minimum Gasteiger partial charge on any atom is -0.434 e. The van der Waals surface area contributed by atoms with Gasteiger partial charge in [-0.2, -0.15) is 8.78 Å². The molecular weight excluding hydrogens is 409 g/mol. The molecule has 7 nitrogen and oxygen atoms in total. The van der Waals surface area contributed by atoms with Gasteiger partial charge in [-0.25, -0.2) is 17.1 Å². The predicted molar refractivity (Wildman–Crippen MR) is 105 cm³/mol. The van der Waals surface area contributed by atoms with E-state index in [-0.39, 0.29) is 29.7 Å². The molecule has 1 fully saturated rings. The number of alkyl halides is 2. The molecule has 0 saturated carbocycles. The van der Waals surface area contributed by atoms with Crippen LogP contribution in [0.15, 0.2) is 23.2 Å². The smallest absolute Gasteiger partial charge is 0.387 e. The van der Waals surface area contributed by atoms with Gasteiger partial charge in [-0.3, -0.25) is 4.99 Å². The molecule has 1 aliphatic heterocycles. The van der Waals surface area contributed by atoms with Gasteiger partial charge in [0.2, 0.25) is 10.0 Å². The van der Waals surface area contributed by atoms with E-state index in [2.05, 4.69) is 20.4 Å². The van der Waals surface area contributed by atoms with Crippen molar-refractivity contribution in [2.24, 2.45) is 4.99 Å². The van der Waals surface area contributed by atoms with Crippen molar-refractivity contribution >= 4 is 16.0 Å². The van der Waals surface area contributed by atoms with E-state index in [0.717, 1.165) is 6.07 Å². The lowest BCUT2D eigenvalue weighted by atomic mass is 10.1. The van der Waals surface area contributed by atoms with Crippen LogP contribution in [-0.2, 0) is 16.6 Å². The van der Waals surface area contributed by atoms with E-state index >= 15 is 0 Å². The van der Waals surface area contributed by atoms with E-state index in [1.54, 1.807) is 0 Å². The van der Waals surface area contributed by atoms with Crippen molar-refractivity contribution in [3.63, 3.8) is 0 Å². The number of sulfonamides is 1. The van der Waals surface area contributed by atoms with Gasteiger partial charge in [0.1, 0.15) is 11.6 Å². The molecule has 1 aliphatic rings. The number of nitrogens with one attached hydrogen (secondary N) is 2. The van der Waals surface area contributed by atoms with Gasteiger partial charge in [0.05, 0.1) is 5.75 Å². The van der Waals surface area contributed by atoms with Crippen LogP contribution in [0.25, 0.3) is 0 Å². The molecule has 0 spiro atoms. The Morgan fingerprint density at radius 1 is 1.34 bits per heavy atom. The van der Waals surface area contributed by atoms with E-state index in [4.69, 9.17) is 0 Å². The number of hydrogen-bond acceptors (Lipinski definition) is 4. The first-order valence-electron chi connectivity index (χ1n) is 9.44. The zero-order valence-corrected chi connectivity index (χ0v) is 17.3. The third-order valence-corrected chi connectivity index (χ3v) is 6.67. The monoisotopic (exact) mass is 436 g/mol. The molecule has 0 radical (unpaired) electrons. The number of guanidine groups is 1. The van der Waals surface area contributed by atoms with Crippen molar-refractivity contribution in [1.82, 2.24) is 14.9 Å². The summed E-state index contributed by atoms with van der Waals surface area (Å²) in [6.07, 6.45) is 1.77. The highest BCUT2D eigenvalue weighted by molar-refractivity contribution is 7.89. The maximum Gasteiger partial charge on any atom is 0.387 e. The molecule has 1 aromatic carbocycles. The van der Waals surface area contributed by atoms with Gasteiger partial charge in [-0.05, 0) is 31.4 Å². The molecule has 2 N–H and O–H groups in total. The summed E-state index contributed by atoms with van der Waals surface area (Å²) >= 11 is 0. The minimum absolute atomic E-state index is 0.00770. The van der Waals surface area contributed by atoms with Crippen LogP contribution < -0.4 is 15.4 Å². The molecular formula is C18H27F3N4O3S. The third-order valence-electron chi connectivity index (χ3n) is 4.60. The number of aliphatic imine (C=N–C) groups is 1. The van der Waals surface area contributed by atoms with Gasteiger partial charge >= 0.3 is 6.61 Å². The van der Waals surface area contributed by atoms with Crippen molar-refractivity contribution in [2.45, 2.75) is 45.4 Å². The summed E-state index contributed by atoms with van der Waals surface area (Å²) in [6.45, 7) is -0.498. The Morgan fingerprint density at radius 3 is 2.62 bits per heavy atom. The van der Waals surface area contributed by atoms with Crippen LogP contribution in [0, 0.1) is 5.82 Å². The van der Waals surface area contributed by atoms with Gasteiger partial charge < -0.3 is 15.4 Å². The lowest BCUT2D eigenvalue weighted by Crippen LogP contribution is -2.49. The highest BCUT2D eigenvalue weighted by atomic mass is 32.2. The Labute approximate surface area is 169 Å². The van der Waals surface area contributed by atoms with E-state index < -0.39 is 22.5 Å². The Morgan fingerprint density at radius 2 is 2.03 bits per heavy atom. The summed E-state index contributed by atoms with van der Waals surface area (Å²) in [5.74, 6) is -0.399. The second-order valence-corrected chi connectivity index (χ2v) is 8.74. The maximum absolute atomic E-state index is 14.0. The number of halogens is 3. The molecule has 11 heteroatoms. The van der Waals surface area contributed by atoms with E-state index in [1.165, 1.54) is 23.5 Å². The first kappa shape index (κ1) is 23.3. The van der Waals surface area contributed by atoms with Crippen molar-refractivity contribution in [3.05, 3.63) is 29.6 Å². The largest absolute Gasteiger partial charge is 0.434 e. The Hall–Kier alpha value is -2.01. The SMILES string of the molecule is CCCS(=O)(=O)N1CCC(NC(=NC)NCc2c(F)cccc2OC(F)F)CC1. The topological polar surface area (TPSA) is 83.0 Å². The van der Waals surface area contributed by atoms with Crippen molar-refractivity contribution in [2.75, 3.05) is 25.9 Å². The fourth-order valence-electron chi connectivity index (χ4n) is 3.14. The van der Waals surface area contributed by atoms with E-state index in [0.29, 0.717) is 38.3 Å². The van der Waals surface area contributed by atoms with Gasteiger partial charge in [-0.1, -0.05) is 13.0 Å². The molecule has 0 aliphatic carbocycles. The van der Waals surface area contributed by atoms with Gasteiger partial charge in [-0.15, -0.1) is 0 Å². The number of benzene rings is 1. The average molecular weight is 437 g/mol. The lowest BCUT2D eigenvalue weighted by molar-refractivity contribution is -0.0506. The normalized spacial score (nSPS) is 16.8. The number of ether oxygens (including phenoxy) is 1. The maximum atomic E-state index is 14.0. The Balaban J connectivity index is 1.92. The standard InChI is InChI=1S/C18H27F3N4O3S/c1-3-11-29(26,27)25-9-7-13(8-10-25)24-18(22-2)23-12-14-15(19)5-4-6-16(14)28-17(20)21/h4-6,13,17H,3,7-12H2,1-2H3,(H2,22,23,24). The number of nitrogens with zero attached hydrogens (tertiary/aromatic N) is 2. The molecule has 0 bridgehead atoms. The molecule has 164 valence electrons. The molecule has 1 heterocycles. The van der Waals surface area contributed by atoms with Gasteiger partial charge in [0.25, 0.3) is 0 Å². The van der Waals surface area contributed by atoms with E-state index in [1.807, 2.05) is 6.92 Å². The molecule has 0 amide bonds. The summed E-state index contributed by atoms with van der Waals surface area (Å²) in [5, 5.41) is 6.06. The van der Waals surface area contributed by atoms with Crippen LogP contribution in [0.2, 0.25) is 0 Å². The fraction of sp³-hybridized carbons (Fsp3) is 0.611. The second-order valence-electron chi connectivity index (χ2n) is 6.65. The summed E-state index contributed by atoms with van der Waals surface area (Å²) in [5.41, 5.74) is -0.0313. The fourth-order valence-corrected chi connectivity index (χ4v) is 4.68. The van der Waals surface area contributed by atoms with Crippen LogP contribution in [-0.4, -0.2) is 57.2 Å². The molecule has 0 unspecified atom stereocenters. The summed E-state index contributed by atoms with van der Waals surface area (Å²) in [7, 11) is -1.68. The zero-order chi connectivity index (χ0) is 21.4. The number of rotatable bonds is 8. The predicted octanol–water partition coefficient (Wildman–Crippen LogP) is 2.30. The Kier molecular flexibility index (Phi) is 8.57. The van der Waals surface area contributed by atoms with Crippen molar-refractivity contribution in [3.8, 4) is 5.75 Å². The molecule has 0 aromatic heterocycles. The lowest BCUT2D eigenvalue weighted by Gasteiger charge is -2.32. The van der Waals surface area contributed by atoms with Crippen LogP contribution in [0.4, 0.5) is 13.2 Å². The zero-order valence-electron chi connectivity index (χ0n) is 16.5. The van der Waals surface area contributed by atoms with Crippen molar-refractivity contribution in [1.29, 1.82) is 0 Å². The van der Waals surface area contributed by atoms with Crippen LogP contribution >= 0.6 is 0 Å². The molecule has 1 aromatic rings. The quantitative estimate of drug-likeness (QED) is 0.483. The van der Waals surface area contributed by atoms with Gasteiger partial charge in [0.15, 0.2) is 5.96 Å². The average Bonchev–Trinajstić information content (AvgIpc) is 2.66. The number of piperidine rings is 1. The number of hydrogen-bond donors (Lipinski definition) is 2. The first-order valence-corrected chi connectivity index (χ1v) is 11.0. The van der Waals surface area contributed by atoms with Crippen LogP contribution in [0.3, 0.4) is 0 Å². The summed E-state index contributed by atoms with van der Waals surface area (Å²) in [6, 6.07) is 3.73. The molecule has 1 saturated heterocycles. The van der Waals surface area contributed by atoms with Crippen LogP contribution in [0.5, 0.6) is 5.75 Å². The minimum atomic E-state index is -3.21. The summed E-state index contributed by atoms with van der Waals surface area (Å²) in [4.78, 5) is 4.07. The van der Waals surface area contributed by atoms with Crippen LogP contribution in [0.1, 0.15) is 31.7 Å². The third kappa shape index (κ3) is 6.77. The van der Waals surface area contributed by atoms with Gasteiger partial charge in [0, 0.05) is 38.3 Å². The highest BCUT2D eigenvalue weighted by Crippen LogP contribution is 2.23. The second kappa shape index (κ2) is 10.7.